The molecule has 0 unspecified atom stereocenters. The maximum absolute atomic E-state index is 12.9. The van der Waals surface area contributed by atoms with E-state index in [2.05, 4.69) is 22.0 Å². The summed E-state index contributed by atoms with van der Waals surface area (Å²) in [4.78, 5) is 14.5. The van der Waals surface area contributed by atoms with Gasteiger partial charge >= 0.3 is 0 Å². The van der Waals surface area contributed by atoms with Crippen LogP contribution in [0.3, 0.4) is 0 Å². The summed E-state index contributed by atoms with van der Waals surface area (Å²) < 4.78 is 25.8. The molecular weight excluding hydrogens is 366 g/mol. The molecule has 27 heavy (non-hydrogen) atoms. The summed E-state index contributed by atoms with van der Waals surface area (Å²) in [5.41, 5.74) is 0.160. The van der Waals surface area contributed by atoms with Gasteiger partial charge in [-0.1, -0.05) is 0 Å². The van der Waals surface area contributed by atoms with E-state index in [1.807, 2.05) is 17.3 Å². The SMILES string of the molecule is N#CC1(NC(=O)[C@@H]2C[C@@H](S(=O)(=O)c3ccc(N4C=CNC4)cc3)CN2)CC1. The van der Waals surface area contributed by atoms with Crippen molar-refractivity contribution in [3.05, 3.63) is 36.7 Å². The average molecular weight is 387 g/mol. The Kier molecular flexibility index (Phi) is 4.32. The molecule has 0 bridgehead atoms. The highest BCUT2D eigenvalue weighted by molar-refractivity contribution is 7.92. The molecule has 8 nitrogen and oxygen atoms in total. The van der Waals surface area contributed by atoms with E-state index in [1.165, 1.54) is 0 Å². The molecule has 9 heteroatoms. The van der Waals surface area contributed by atoms with Gasteiger partial charge in [0.25, 0.3) is 0 Å². The molecule has 3 aliphatic rings. The lowest BCUT2D eigenvalue weighted by molar-refractivity contribution is -0.123. The van der Waals surface area contributed by atoms with Gasteiger partial charge in [0.2, 0.25) is 5.91 Å². The number of nitriles is 1. The number of amides is 1. The Hall–Kier alpha value is -2.57. The van der Waals surface area contributed by atoms with Crippen LogP contribution < -0.4 is 20.9 Å². The van der Waals surface area contributed by atoms with Gasteiger partial charge in [-0.2, -0.15) is 5.26 Å². The Balaban J connectivity index is 1.42. The Morgan fingerprint density at radius 1 is 1.30 bits per heavy atom. The molecular formula is C18H21N5O3S. The fourth-order valence-electron chi connectivity index (χ4n) is 3.40. The topological polar surface area (TPSA) is 114 Å². The molecule has 2 atom stereocenters. The monoisotopic (exact) mass is 387 g/mol. The molecule has 3 N–H and O–H groups in total. The molecule has 1 saturated carbocycles. The normalized spacial score (nSPS) is 25.7. The maximum atomic E-state index is 12.9. The van der Waals surface area contributed by atoms with Gasteiger partial charge in [-0.15, -0.1) is 0 Å². The predicted molar refractivity (Wildman–Crippen MR) is 99.2 cm³/mol. The summed E-state index contributed by atoms with van der Waals surface area (Å²) in [5.74, 6) is -0.296. The van der Waals surface area contributed by atoms with Crippen LogP contribution in [0.25, 0.3) is 0 Å². The van der Waals surface area contributed by atoms with Crippen LogP contribution in [0, 0.1) is 11.3 Å². The zero-order valence-corrected chi connectivity index (χ0v) is 15.5. The van der Waals surface area contributed by atoms with Crippen LogP contribution in [0.1, 0.15) is 19.3 Å². The molecule has 142 valence electrons. The summed E-state index contributed by atoms with van der Waals surface area (Å²) in [6.07, 6.45) is 5.23. The van der Waals surface area contributed by atoms with Crippen LogP contribution in [0.15, 0.2) is 41.6 Å². The van der Waals surface area contributed by atoms with E-state index >= 15 is 0 Å². The summed E-state index contributed by atoms with van der Waals surface area (Å²) in [5, 5.41) is 17.2. The average Bonchev–Trinajstić information content (AvgIpc) is 3.10. The van der Waals surface area contributed by atoms with Crippen molar-refractivity contribution < 1.29 is 13.2 Å². The van der Waals surface area contributed by atoms with E-state index in [-0.39, 0.29) is 23.8 Å². The zero-order chi connectivity index (χ0) is 19.1. The van der Waals surface area contributed by atoms with Gasteiger partial charge in [0.15, 0.2) is 9.84 Å². The number of sulfone groups is 1. The minimum Gasteiger partial charge on any atom is -0.372 e. The van der Waals surface area contributed by atoms with Gasteiger partial charge in [-0.3, -0.25) is 4.79 Å². The lowest BCUT2D eigenvalue weighted by Gasteiger charge is -2.16. The fraction of sp³-hybridized carbons (Fsp3) is 0.444. The van der Waals surface area contributed by atoms with Crippen LogP contribution >= 0.6 is 0 Å². The number of nitrogens with zero attached hydrogens (tertiary/aromatic N) is 2. The standard InChI is InChI=1S/C18H21N5O3S/c19-11-18(5-6-18)22-17(24)16-9-15(10-21-16)27(25,26)14-3-1-13(2-4-14)23-8-7-20-12-23/h1-4,7-8,15-16,20-21H,5-6,9-10,12H2,(H,22,24)/t15-,16+/m1/s1. The van der Waals surface area contributed by atoms with Crippen molar-refractivity contribution in [2.75, 3.05) is 18.1 Å². The molecule has 2 fully saturated rings. The first kappa shape index (κ1) is 17.8. The molecule has 1 aromatic rings. The summed E-state index contributed by atoms with van der Waals surface area (Å²) >= 11 is 0. The van der Waals surface area contributed by atoms with Crippen molar-refractivity contribution in [1.29, 1.82) is 5.26 Å². The molecule has 0 aromatic heterocycles. The van der Waals surface area contributed by atoms with Crippen molar-refractivity contribution in [1.82, 2.24) is 16.0 Å². The van der Waals surface area contributed by atoms with Crippen molar-refractivity contribution in [2.24, 2.45) is 0 Å². The smallest absolute Gasteiger partial charge is 0.238 e. The van der Waals surface area contributed by atoms with Crippen molar-refractivity contribution >= 4 is 21.4 Å². The molecule has 1 aliphatic carbocycles. The number of carbonyl (C=O) groups excluding carboxylic acids is 1. The van der Waals surface area contributed by atoms with E-state index in [9.17, 15) is 13.2 Å². The van der Waals surface area contributed by atoms with Crippen molar-refractivity contribution in [2.45, 2.75) is 41.0 Å². The van der Waals surface area contributed by atoms with Gasteiger partial charge in [-0.05, 0) is 43.5 Å². The molecule has 1 amide bonds. The van der Waals surface area contributed by atoms with Gasteiger partial charge < -0.3 is 20.9 Å². The molecule has 1 saturated heterocycles. The second-order valence-corrected chi connectivity index (χ2v) is 9.42. The fourth-order valence-corrected chi connectivity index (χ4v) is 5.06. The largest absolute Gasteiger partial charge is 0.372 e. The molecule has 2 heterocycles. The van der Waals surface area contributed by atoms with E-state index in [0.29, 0.717) is 19.5 Å². The predicted octanol–water partition coefficient (Wildman–Crippen LogP) is 0.201. The van der Waals surface area contributed by atoms with Gasteiger partial charge in [0, 0.05) is 24.6 Å². The number of rotatable bonds is 5. The third-order valence-corrected chi connectivity index (χ3v) is 7.47. The molecule has 4 rings (SSSR count). The van der Waals surface area contributed by atoms with Crippen LogP contribution in [0.2, 0.25) is 0 Å². The highest BCUT2D eigenvalue weighted by Crippen LogP contribution is 2.34. The summed E-state index contributed by atoms with van der Waals surface area (Å²) in [6.45, 7) is 0.875. The summed E-state index contributed by atoms with van der Waals surface area (Å²) in [7, 11) is -3.54. The van der Waals surface area contributed by atoms with Crippen LogP contribution in [0.5, 0.6) is 0 Å². The number of hydrogen-bond donors (Lipinski definition) is 3. The highest BCUT2D eigenvalue weighted by atomic mass is 32.2. The number of anilines is 1. The Morgan fingerprint density at radius 3 is 2.63 bits per heavy atom. The number of hydrogen-bond acceptors (Lipinski definition) is 7. The van der Waals surface area contributed by atoms with Crippen molar-refractivity contribution in [3.8, 4) is 6.07 Å². The lowest BCUT2D eigenvalue weighted by Crippen LogP contribution is -2.45. The van der Waals surface area contributed by atoms with E-state index < -0.39 is 26.7 Å². The molecule has 0 spiro atoms. The minimum atomic E-state index is -3.54. The zero-order valence-electron chi connectivity index (χ0n) is 14.7. The third-order valence-electron chi connectivity index (χ3n) is 5.30. The van der Waals surface area contributed by atoms with Gasteiger partial charge in [0.1, 0.15) is 5.54 Å². The third kappa shape index (κ3) is 3.38. The lowest BCUT2D eigenvalue weighted by atomic mass is 10.2. The van der Waals surface area contributed by atoms with Gasteiger partial charge in [-0.25, -0.2) is 8.42 Å². The first-order valence-corrected chi connectivity index (χ1v) is 10.5. The maximum Gasteiger partial charge on any atom is 0.238 e. The molecule has 0 radical (unpaired) electrons. The Morgan fingerprint density at radius 2 is 2.04 bits per heavy atom. The van der Waals surface area contributed by atoms with E-state index in [0.717, 1.165) is 5.69 Å². The van der Waals surface area contributed by atoms with Crippen LogP contribution in [0.4, 0.5) is 5.69 Å². The quantitative estimate of drug-likeness (QED) is 0.661. The first-order valence-electron chi connectivity index (χ1n) is 8.91. The second-order valence-electron chi connectivity index (χ2n) is 7.19. The molecule has 2 aliphatic heterocycles. The minimum absolute atomic E-state index is 0.205. The second kappa shape index (κ2) is 6.55. The Bertz CT molecular complexity index is 915. The summed E-state index contributed by atoms with van der Waals surface area (Å²) in [6, 6.07) is 8.30. The number of nitrogens with one attached hydrogen (secondary N) is 3. The van der Waals surface area contributed by atoms with E-state index in [4.69, 9.17) is 5.26 Å². The number of carbonyl (C=O) groups is 1. The molecule has 1 aromatic carbocycles. The highest BCUT2D eigenvalue weighted by Gasteiger charge is 2.47. The van der Waals surface area contributed by atoms with E-state index in [1.54, 1.807) is 24.3 Å². The van der Waals surface area contributed by atoms with Gasteiger partial charge in [0.05, 0.1) is 28.9 Å². The van der Waals surface area contributed by atoms with Crippen molar-refractivity contribution in [3.63, 3.8) is 0 Å². The van der Waals surface area contributed by atoms with Crippen LogP contribution in [-0.2, 0) is 14.6 Å². The Labute approximate surface area is 158 Å². The first-order chi connectivity index (χ1) is 12.9. The number of benzene rings is 1. The van der Waals surface area contributed by atoms with Crippen LogP contribution in [-0.4, -0.2) is 44.4 Å².